The van der Waals surface area contributed by atoms with Gasteiger partial charge in [-0.05, 0) is 121 Å². The third-order valence-corrected chi connectivity index (χ3v) is 14.9. The predicted octanol–water partition coefficient (Wildman–Crippen LogP) is 1.76. The van der Waals surface area contributed by atoms with E-state index in [-0.39, 0.29) is 23.5 Å². The molecule has 0 aliphatic carbocycles. The first-order valence-electron chi connectivity index (χ1n) is 19.8. The van der Waals surface area contributed by atoms with Gasteiger partial charge >= 0.3 is 6.03 Å². The summed E-state index contributed by atoms with van der Waals surface area (Å²) in [5, 5.41) is 13.1. The van der Waals surface area contributed by atoms with Crippen LogP contribution in [0.25, 0.3) is 0 Å². The van der Waals surface area contributed by atoms with Crippen LogP contribution in [0.4, 0.5) is 38.9 Å². The molecule has 0 heterocycles. The standard InChI is InChI=1S/C41H32N6O23S6/c48-37(42-25-1-5-29(6-2-25)71(53,54)55)21-13-23(39(50)46-33-11-9-31(73(59,60)61)19-35(33)75(65,66)67)17-27(15-21)44-41(52)45-28-16-22(38(49)43-26-3-7-30(8-4-26)72(56,57)58)14-24(18-28)40(51)47-34-12-10-32(74(62,63)64)20-36(34)76(68,69)70/h1-20H,(H,42,48)(H,43,49)(H,46,50)(H,47,51)(H2,44,45,52)(H,53,54,55)(H,56,57,58)(H,59,60,61)(H,62,63,64)(H,65,66,67)(H,68,69,70)/p-6. The summed E-state index contributed by atoms with van der Waals surface area (Å²) in [4.78, 5) is 61.7. The van der Waals surface area contributed by atoms with E-state index in [9.17, 15) is 102 Å². The number of urea groups is 1. The molecule has 0 aliphatic rings. The van der Waals surface area contributed by atoms with Gasteiger partial charge in [-0.1, -0.05) is 0 Å². The van der Waals surface area contributed by atoms with Gasteiger partial charge in [0.1, 0.15) is 60.7 Å². The molecular weight excluding hydrogens is 1140 g/mol. The molecule has 0 spiro atoms. The molecule has 0 bridgehead atoms. The molecule has 0 aromatic heterocycles. The van der Waals surface area contributed by atoms with E-state index in [4.69, 9.17) is 0 Å². The van der Waals surface area contributed by atoms with Gasteiger partial charge in [0.2, 0.25) is 0 Å². The lowest BCUT2D eigenvalue weighted by molar-refractivity contribution is 0.101. The molecule has 6 rings (SSSR count). The number of benzene rings is 6. The lowest BCUT2D eigenvalue weighted by Gasteiger charge is -2.18. The van der Waals surface area contributed by atoms with E-state index in [1.54, 1.807) is 0 Å². The number of carbonyl (C=O) groups is 5. The lowest BCUT2D eigenvalue weighted by Crippen LogP contribution is -2.23. The third-order valence-electron chi connectivity index (χ3n) is 9.75. The average Bonchev–Trinajstić information content (AvgIpc) is 3.29. The van der Waals surface area contributed by atoms with Crippen molar-refractivity contribution in [3.05, 3.63) is 144 Å². The number of rotatable bonds is 16. The first-order chi connectivity index (χ1) is 34.9. The maximum absolute atomic E-state index is 13.7. The molecule has 0 saturated heterocycles. The number of amides is 6. The van der Waals surface area contributed by atoms with Gasteiger partial charge in [0, 0.05) is 45.0 Å². The summed E-state index contributed by atoms with van der Waals surface area (Å²) >= 11 is 0. The van der Waals surface area contributed by atoms with E-state index >= 15 is 0 Å². The van der Waals surface area contributed by atoms with E-state index in [2.05, 4.69) is 21.3 Å². The van der Waals surface area contributed by atoms with Crippen LogP contribution in [0, 0.1) is 0 Å². The van der Waals surface area contributed by atoms with Crippen molar-refractivity contribution < 1.29 is 102 Å². The van der Waals surface area contributed by atoms with Crippen LogP contribution in [0.5, 0.6) is 0 Å². The summed E-state index contributed by atoms with van der Waals surface area (Å²) in [5.74, 6) is -5.00. The van der Waals surface area contributed by atoms with Gasteiger partial charge in [0.15, 0.2) is 0 Å². The molecule has 0 atom stereocenters. The van der Waals surface area contributed by atoms with Crippen molar-refractivity contribution in [3.8, 4) is 0 Å². The molecule has 0 radical (unpaired) electrons. The Labute approximate surface area is 428 Å². The van der Waals surface area contributed by atoms with Crippen molar-refractivity contribution in [1.82, 2.24) is 0 Å². The third kappa shape index (κ3) is 14.6. The Hall–Kier alpha value is -8.07. The Kier molecular flexibility index (Phi) is 16.0. The van der Waals surface area contributed by atoms with Gasteiger partial charge in [-0.3, -0.25) is 19.2 Å². The van der Waals surface area contributed by atoms with Crippen LogP contribution in [0.2, 0.25) is 0 Å². The average molecular weight is 1160 g/mol. The predicted molar refractivity (Wildman–Crippen MR) is 251 cm³/mol. The van der Waals surface area contributed by atoms with Gasteiger partial charge in [0.25, 0.3) is 23.6 Å². The summed E-state index contributed by atoms with van der Waals surface area (Å²) in [6.45, 7) is 0. The topological polar surface area (TPSA) is 501 Å². The smallest absolute Gasteiger partial charge is 0.323 e. The van der Waals surface area contributed by atoms with Crippen molar-refractivity contribution in [2.75, 3.05) is 31.9 Å². The summed E-state index contributed by atoms with van der Waals surface area (Å²) in [6, 6.07) is 13.6. The van der Waals surface area contributed by atoms with Crippen molar-refractivity contribution >= 4 is 124 Å². The molecule has 0 unspecified atom stereocenters. The van der Waals surface area contributed by atoms with Gasteiger partial charge in [-0.25, -0.2) is 55.3 Å². The van der Waals surface area contributed by atoms with Crippen LogP contribution in [0.3, 0.4) is 0 Å². The van der Waals surface area contributed by atoms with Crippen molar-refractivity contribution in [2.24, 2.45) is 0 Å². The number of hydrogen-bond donors (Lipinski definition) is 6. The van der Waals surface area contributed by atoms with E-state index in [0.29, 0.717) is 24.3 Å². The summed E-state index contributed by atoms with van der Waals surface area (Å²) in [7, 11) is -31.9. The van der Waals surface area contributed by atoms with E-state index in [1.165, 1.54) is 0 Å². The molecule has 0 fully saturated rings. The van der Waals surface area contributed by atoms with Crippen LogP contribution in [0.1, 0.15) is 41.4 Å². The number of carbonyl (C=O) groups excluding carboxylic acids is 5. The monoisotopic (exact) mass is 1160 g/mol. The molecule has 35 heteroatoms. The Balaban J connectivity index is 1.38. The van der Waals surface area contributed by atoms with Gasteiger partial charge in [-0.15, -0.1) is 0 Å². The van der Waals surface area contributed by atoms with Crippen molar-refractivity contribution in [1.29, 1.82) is 0 Å². The van der Waals surface area contributed by atoms with Crippen LogP contribution in [-0.4, -0.2) is 107 Å². The highest BCUT2D eigenvalue weighted by atomic mass is 32.2. The molecule has 0 aliphatic heterocycles. The van der Waals surface area contributed by atoms with E-state index in [1.807, 2.05) is 10.6 Å². The lowest BCUT2D eigenvalue weighted by atomic mass is 10.1. The van der Waals surface area contributed by atoms with Crippen molar-refractivity contribution in [2.45, 2.75) is 29.4 Å². The van der Waals surface area contributed by atoms with E-state index < -0.39 is 165 Å². The fourth-order valence-electron chi connectivity index (χ4n) is 6.36. The molecular formula is C41H26N6O23S6-6. The Bertz CT molecular complexity index is 3870. The van der Waals surface area contributed by atoms with E-state index in [0.717, 1.165) is 84.9 Å². The molecule has 29 nitrogen and oxygen atoms in total. The summed E-state index contributed by atoms with van der Waals surface area (Å²) in [6.07, 6.45) is 0. The fourth-order valence-corrected chi connectivity index (χ4v) is 9.76. The second-order valence-electron chi connectivity index (χ2n) is 15.1. The molecule has 6 N–H and O–H groups in total. The Morgan fingerprint density at radius 2 is 0.539 bits per heavy atom. The van der Waals surface area contributed by atoms with Gasteiger partial charge in [-0.2, -0.15) is 0 Å². The zero-order chi connectivity index (χ0) is 56.5. The van der Waals surface area contributed by atoms with Gasteiger partial charge in [0.05, 0.1) is 40.7 Å². The molecule has 6 aromatic rings. The summed E-state index contributed by atoms with van der Waals surface area (Å²) < 4.78 is 210. The second-order valence-corrected chi connectivity index (χ2v) is 23.3. The normalized spacial score (nSPS) is 12.2. The molecule has 76 heavy (non-hydrogen) atoms. The Morgan fingerprint density at radius 1 is 0.276 bits per heavy atom. The quantitative estimate of drug-likeness (QED) is 0.0752. The minimum atomic E-state index is -5.64. The van der Waals surface area contributed by atoms with Crippen molar-refractivity contribution in [3.63, 3.8) is 0 Å². The van der Waals surface area contributed by atoms with Crippen LogP contribution in [0.15, 0.2) is 151 Å². The Morgan fingerprint density at radius 3 is 0.803 bits per heavy atom. The highest BCUT2D eigenvalue weighted by molar-refractivity contribution is 7.87. The van der Waals surface area contributed by atoms with Gasteiger partial charge < -0.3 is 59.2 Å². The molecule has 0 saturated carbocycles. The zero-order valence-corrected chi connectivity index (χ0v) is 41.8. The summed E-state index contributed by atoms with van der Waals surface area (Å²) in [5.41, 5.74) is -5.42. The largest absolute Gasteiger partial charge is 0.744 e. The maximum atomic E-state index is 13.7. The molecule has 6 aromatic carbocycles. The minimum absolute atomic E-state index is 0.146. The highest BCUT2D eigenvalue weighted by Crippen LogP contribution is 2.29. The number of nitrogens with one attached hydrogen (secondary N) is 6. The van der Waals surface area contributed by atoms with Crippen LogP contribution in [-0.2, 0) is 60.7 Å². The van der Waals surface area contributed by atoms with Crippen LogP contribution >= 0.6 is 0 Å². The van der Waals surface area contributed by atoms with Crippen LogP contribution < -0.4 is 31.9 Å². The zero-order valence-electron chi connectivity index (χ0n) is 36.9. The number of hydrogen-bond acceptors (Lipinski definition) is 23. The minimum Gasteiger partial charge on any atom is -0.744 e. The second kappa shape index (κ2) is 21.3. The molecule has 6 amide bonds. The fraction of sp³-hybridized carbons (Fsp3) is 0. The number of anilines is 6. The highest BCUT2D eigenvalue weighted by Gasteiger charge is 2.22. The first-order valence-corrected chi connectivity index (χ1v) is 28.3. The maximum Gasteiger partial charge on any atom is 0.323 e. The first kappa shape index (κ1) is 57.2. The SMILES string of the molecule is O=C(Nc1cc(C(=O)Nc2ccc(S(=O)(=O)[O-])cc2)cc(C(=O)Nc2ccc(S(=O)(=O)[O-])cc2S(=O)(=O)[O-])c1)Nc1cc(C(=O)Nc2ccc(S(=O)(=O)[O-])cc2)cc(C(=O)Nc2ccc(S(=O)(=O)[O-])cc2S(=O)(=O)[O-])c1. The molecule has 400 valence electrons.